The lowest BCUT2D eigenvalue weighted by Gasteiger charge is -2.50. The maximum Gasteiger partial charge on any atom is 0.310 e. The Morgan fingerprint density at radius 3 is 2.61 bits per heavy atom. The zero-order chi connectivity index (χ0) is 19.9. The highest BCUT2D eigenvalue weighted by Crippen LogP contribution is 2.61. The summed E-state index contributed by atoms with van der Waals surface area (Å²) in [6.45, 7) is 6.05. The van der Waals surface area contributed by atoms with Crippen molar-refractivity contribution in [3.05, 3.63) is 29.3 Å². The van der Waals surface area contributed by atoms with Gasteiger partial charge in [0, 0.05) is 18.3 Å². The van der Waals surface area contributed by atoms with Crippen LogP contribution in [0.2, 0.25) is 0 Å². The number of esters is 2. The second-order valence-electron chi connectivity index (χ2n) is 9.06. The number of aryl methyl sites for hydroxylation is 1. The minimum atomic E-state index is -0.180. The van der Waals surface area contributed by atoms with Crippen LogP contribution in [0.25, 0.3) is 0 Å². The molecule has 0 aromatic heterocycles. The first-order valence-corrected chi connectivity index (χ1v) is 11.0. The summed E-state index contributed by atoms with van der Waals surface area (Å²) in [5.41, 5.74) is 2.92. The second kappa shape index (κ2) is 7.53. The number of benzene rings is 1. The molecule has 0 bridgehead atoms. The smallest absolute Gasteiger partial charge is 0.310 e. The third-order valence-electron chi connectivity index (χ3n) is 7.69. The van der Waals surface area contributed by atoms with Crippen LogP contribution in [0.5, 0.6) is 5.75 Å². The summed E-state index contributed by atoms with van der Waals surface area (Å²) in [4.78, 5) is 23.5. The van der Waals surface area contributed by atoms with E-state index in [1.807, 2.05) is 19.9 Å². The highest BCUT2D eigenvalue weighted by Gasteiger charge is 2.56. The van der Waals surface area contributed by atoms with Gasteiger partial charge < -0.3 is 9.47 Å². The van der Waals surface area contributed by atoms with Crippen LogP contribution in [0.3, 0.4) is 0 Å². The van der Waals surface area contributed by atoms with Gasteiger partial charge in [0.1, 0.15) is 11.9 Å². The first kappa shape index (κ1) is 19.5. The van der Waals surface area contributed by atoms with Crippen molar-refractivity contribution in [1.29, 1.82) is 0 Å². The molecule has 4 rings (SSSR count). The van der Waals surface area contributed by atoms with Crippen molar-refractivity contribution >= 4 is 11.9 Å². The molecule has 0 heterocycles. The lowest BCUT2D eigenvalue weighted by Crippen LogP contribution is -2.45. The van der Waals surface area contributed by atoms with Crippen LogP contribution >= 0.6 is 0 Å². The van der Waals surface area contributed by atoms with Gasteiger partial charge in [-0.1, -0.05) is 26.8 Å². The summed E-state index contributed by atoms with van der Waals surface area (Å²) in [5, 5.41) is 0. The third-order valence-corrected chi connectivity index (χ3v) is 7.69. The van der Waals surface area contributed by atoms with Gasteiger partial charge in [0.25, 0.3) is 0 Å². The van der Waals surface area contributed by atoms with Crippen LogP contribution < -0.4 is 4.74 Å². The molecule has 5 atom stereocenters. The summed E-state index contributed by atoms with van der Waals surface area (Å²) in [6, 6.07) is 6.23. The van der Waals surface area contributed by atoms with Gasteiger partial charge in [-0.2, -0.15) is 0 Å². The van der Waals surface area contributed by atoms with E-state index >= 15 is 0 Å². The average Bonchev–Trinajstić information content (AvgIpc) is 3.03. The molecule has 152 valence electrons. The van der Waals surface area contributed by atoms with Gasteiger partial charge in [-0.3, -0.25) is 9.59 Å². The maximum atomic E-state index is 11.9. The summed E-state index contributed by atoms with van der Waals surface area (Å²) < 4.78 is 11.3. The summed E-state index contributed by atoms with van der Waals surface area (Å²) in [5.74, 6) is 2.32. The number of ether oxygens (including phenoxy) is 2. The van der Waals surface area contributed by atoms with E-state index in [2.05, 4.69) is 19.1 Å². The largest absolute Gasteiger partial charge is 0.462 e. The molecular formula is C24H32O4. The molecule has 0 saturated heterocycles. The molecule has 0 aliphatic heterocycles. The predicted octanol–water partition coefficient (Wildman–Crippen LogP) is 5.18. The number of hydrogen-bond acceptors (Lipinski definition) is 4. The fourth-order valence-corrected chi connectivity index (χ4v) is 6.21. The summed E-state index contributed by atoms with van der Waals surface area (Å²) in [6.07, 6.45) is 7.61. The van der Waals surface area contributed by atoms with Crippen LogP contribution in [-0.2, 0) is 20.7 Å². The van der Waals surface area contributed by atoms with Gasteiger partial charge in [0.15, 0.2) is 0 Å². The molecule has 0 N–H and O–H groups in total. The zero-order valence-corrected chi connectivity index (χ0v) is 17.3. The van der Waals surface area contributed by atoms with Crippen LogP contribution in [0.15, 0.2) is 18.2 Å². The first-order valence-electron chi connectivity index (χ1n) is 11.0. The Balaban J connectivity index is 1.54. The predicted molar refractivity (Wildman–Crippen MR) is 107 cm³/mol. The Morgan fingerprint density at radius 2 is 1.86 bits per heavy atom. The Hall–Kier alpha value is -1.84. The molecule has 1 aromatic carbocycles. The molecule has 2 saturated carbocycles. The van der Waals surface area contributed by atoms with E-state index in [1.54, 1.807) is 0 Å². The van der Waals surface area contributed by atoms with Gasteiger partial charge in [0.2, 0.25) is 0 Å². The van der Waals surface area contributed by atoms with Crippen LogP contribution in [0, 0.1) is 17.3 Å². The van der Waals surface area contributed by atoms with Gasteiger partial charge >= 0.3 is 11.9 Å². The van der Waals surface area contributed by atoms with E-state index in [-0.39, 0.29) is 23.5 Å². The van der Waals surface area contributed by atoms with E-state index in [0.717, 1.165) is 25.7 Å². The topological polar surface area (TPSA) is 52.6 Å². The van der Waals surface area contributed by atoms with Gasteiger partial charge in [-0.15, -0.1) is 0 Å². The number of fused-ring (bicyclic) bond motifs is 5. The molecule has 0 spiro atoms. The molecule has 0 radical (unpaired) electrons. The maximum absolute atomic E-state index is 11.9. The van der Waals surface area contributed by atoms with Gasteiger partial charge in [-0.05, 0) is 79.5 Å². The van der Waals surface area contributed by atoms with E-state index < -0.39 is 0 Å². The summed E-state index contributed by atoms with van der Waals surface area (Å²) in [7, 11) is 0. The molecule has 4 nitrogen and oxygen atoms in total. The molecular weight excluding hydrogens is 352 g/mol. The van der Waals surface area contributed by atoms with E-state index in [4.69, 9.17) is 9.47 Å². The normalized spacial score (nSPS) is 33.4. The minimum absolute atomic E-state index is 0.0582. The molecule has 3 aliphatic rings. The van der Waals surface area contributed by atoms with E-state index in [9.17, 15) is 9.59 Å². The fourth-order valence-electron chi connectivity index (χ4n) is 6.21. The number of rotatable bonds is 4. The molecule has 0 unspecified atom stereocenters. The van der Waals surface area contributed by atoms with E-state index in [0.29, 0.717) is 36.3 Å². The number of hydrogen-bond donors (Lipinski definition) is 0. The Labute approximate surface area is 168 Å². The van der Waals surface area contributed by atoms with Crippen molar-refractivity contribution < 1.29 is 19.1 Å². The summed E-state index contributed by atoms with van der Waals surface area (Å²) >= 11 is 0. The van der Waals surface area contributed by atoms with Crippen molar-refractivity contribution in [3.63, 3.8) is 0 Å². The van der Waals surface area contributed by atoms with E-state index in [1.165, 1.54) is 24.0 Å². The fraction of sp³-hybridized carbons (Fsp3) is 0.667. The zero-order valence-electron chi connectivity index (χ0n) is 17.3. The van der Waals surface area contributed by atoms with Crippen molar-refractivity contribution in [2.24, 2.45) is 17.3 Å². The Bertz CT molecular complexity index is 770. The third kappa shape index (κ3) is 3.25. The van der Waals surface area contributed by atoms with Gasteiger partial charge in [-0.25, -0.2) is 0 Å². The second-order valence-corrected chi connectivity index (χ2v) is 9.06. The highest BCUT2D eigenvalue weighted by atomic mass is 16.5. The SMILES string of the molecule is CCC(=O)Oc1ccc2c(c1)CC[C@H]1[C@@H]2CC[C@@]2(C)[C@@H](OC(=O)CC)CC[C@H]12. The molecule has 3 aliphatic carbocycles. The minimum Gasteiger partial charge on any atom is -0.462 e. The standard InChI is InChI=1S/C24H32O4/c1-4-22(25)27-16-7-9-17-15(14-16)6-8-19-18(17)12-13-24(3)20(19)10-11-21(24)28-23(26)5-2/h7,9,14,18-21H,4-6,8,10-13H2,1-3H3/t18-,19+,20-,21+,24-/m1/s1. The van der Waals surface area contributed by atoms with Crippen LogP contribution in [0.1, 0.15) is 82.8 Å². The van der Waals surface area contributed by atoms with Gasteiger partial charge in [0.05, 0.1) is 0 Å². The first-order chi connectivity index (χ1) is 13.5. The molecule has 0 amide bonds. The lowest BCUT2D eigenvalue weighted by molar-refractivity contribution is -0.157. The molecule has 2 fully saturated rings. The molecule has 28 heavy (non-hydrogen) atoms. The number of carbonyl (C=O) groups excluding carboxylic acids is 2. The number of carbonyl (C=O) groups is 2. The monoisotopic (exact) mass is 384 g/mol. The van der Waals surface area contributed by atoms with Crippen molar-refractivity contribution in [3.8, 4) is 5.75 Å². The quantitative estimate of drug-likeness (QED) is 0.530. The highest BCUT2D eigenvalue weighted by molar-refractivity contribution is 5.72. The van der Waals surface area contributed by atoms with Crippen LogP contribution in [0.4, 0.5) is 0 Å². The molecule has 1 aromatic rings. The lowest BCUT2D eigenvalue weighted by atomic mass is 9.55. The van der Waals surface area contributed by atoms with Crippen LogP contribution in [-0.4, -0.2) is 18.0 Å². The van der Waals surface area contributed by atoms with Crippen molar-refractivity contribution in [2.75, 3.05) is 0 Å². The average molecular weight is 385 g/mol. The Morgan fingerprint density at radius 1 is 1.07 bits per heavy atom. The van der Waals surface area contributed by atoms with Crippen molar-refractivity contribution in [1.82, 2.24) is 0 Å². The van der Waals surface area contributed by atoms with Crippen molar-refractivity contribution in [2.45, 2.75) is 84.2 Å². The Kier molecular flexibility index (Phi) is 5.24. The molecule has 4 heteroatoms.